The fourth-order valence-electron chi connectivity index (χ4n) is 2.32. The quantitative estimate of drug-likeness (QED) is 0.754. The van der Waals surface area contributed by atoms with Crippen molar-refractivity contribution in [3.05, 3.63) is 65.4 Å². The molecule has 3 rings (SSSR count). The van der Waals surface area contributed by atoms with Crippen LogP contribution in [-0.4, -0.2) is 16.1 Å². The van der Waals surface area contributed by atoms with E-state index in [1.807, 2.05) is 5.92 Å². The number of hydrogen-bond donors (Lipinski definition) is 1. The zero-order chi connectivity index (χ0) is 18.4. The van der Waals surface area contributed by atoms with E-state index >= 15 is 0 Å². The van der Waals surface area contributed by atoms with Crippen LogP contribution in [0.2, 0.25) is 0 Å². The maximum atomic E-state index is 12.9. The van der Waals surface area contributed by atoms with E-state index in [2.05, 4.69) is 29.3 Å². The molecule has 0 saturated heterocycles. The molecule has 1 N–H and O–H groups in total. The summed E-state index contributed by atoms with van der Waals surface area (Å²) < 4.78 is 38.6. The van der Waals surface area contributed by atoms with E-state index in [0.29, 0.717) is 0 Å². The van der Waals surface area contributed by atoms with E-state index in [0.717, 1.165) is 0 Å². The highest BCUT2D eigenvalue weighted by molar-refractivity contribution is 5.99. The standard InChI is InChI=1S/C13H6F3NO2.C6H8/c1-2-7-8-5-3-4-6-9(8)17-11(13(14,15)16)10(7)12(18)19;1-2-4-6-5-3-1/h1,3-6H,(H,18,19);1-4H,5-6H2. The maximum absolute atomic E-state index is 12.9. The second-order valence-electron chi connectivity index (χ2n) is 5.11. The molecule has 0 radical (unpaired) electrons. The molecular weight excluding hydrogens is 331 g/mol. The van der Waals surface area contributed by atoms with Crippen LogP contribution in [0.25, 0.3) is 10.9 Å². The molecule has 1 aliphatic carbocycles. The van der Waals surface area contributed by atoms with Gasteiger partial charge in [-0.3, -0.25) is 0 Å². The molecule has 25 heavy (non-hydrogen) atoms. The molecule has 0 fully saturated rings. The molecule has 128 valence electrons. The molecular formula is C19H14F3NO2. The molecule has 0 aliphatic heterocycles. The first-order valence-corrected chi connectivity index (χ1v) is 7.37. The van der Waals surface area contributed by atoms with Gasteiger partial charge in [-0.25, -0.2) is 9.78 Å². The van der Waals surface area contributed by atoms with Gasteiger partial charge < -0.3 is 5.11 Å². The van der Waals surface area contributed by atoms with E-state index in [1.54, 1.807) is 6.07 Å². The number of pyridine rings is 1. The van der Waals surface area contributed by atoms with Crippen molar-refractivity contribution in [1.82, 2.24) is 4.98 Å². The average molecular weight is 345 g/mol. The van der Waals surface area contributed by atoms with Crippen LogP contribution in [0.1, 0.15) is 34.5 Å². The molecule has 1 aromatic heterocycles. The summed E-state index contributed by atoms with van der Waals surface area (Å²) in [7, 11) is 0. The number of benzene rings is 1. The van der Waals surface area contributed by atoms with Crippen molar-refractivity contribution in [2.24, 2.45) is 0 Å². The topological polar surface area (TPSA) is 50.2 Å². The fraction of sp³-hybridized carbons (Fsp3) is 0.158. The molecule has 0 spiro atoms. The summed E-state index contributed by atoms with van der Waals surface area (Å²) in [5.74, 6) is 0.260. The Morgan fingerprint density at radius 1 is 1.16 bits per heavy atom. The predicted molar refractivity (Wildman–Crippen MR) is 89.2 cm³/mol. The third-order valence-electron chi connectivity index (χ3n) is 3.40. The number of alkyl halides is 3. The van der Waals surface area contributed by atoms with Gasteiger partial charge in [-0.2, -0.15) is 13.2 Å². The summed E-state index contributed by atoms with van der Waals surface area (Å²) in [6, 6.07) is 5.82. The molecule has 1 aliphatic rings. The number of para-hydroxylation sites is 1. The van der Waals surface area contributed by atoms with E-state index in [-0.39, 0.29) is 16.5 Å². The zero-order valence-corrected chi connectivity index (χ0v) is 13.0. The SMILES string of the molecule is C#Cc1c(C(=O)O)c(C(F)(F)F)nc2ccccc12.C1=CCCC=C1. The summed E-state index contributed by atoms with van der Waals surface area (Å²) in [6.45, 7) is 0. The van der Waals surface area contributed by atoms with Gasteiger partial charge in [0.2, 0.25) is 0 Å². The monoisotopic (exact) mass is 345 g/mol. The number of rotatable bonds is 1. The van der Waals surface area contributed by atoms with E-state index in [4.69, 9.17) is 11.5 Å². The van der Waals surface area contributed by atoms with Gasteiger partial charge in [0.15, 0.2) is 5.69 Å². The van der Waals surface area contributed by atoms with Crippen molar-refractivity contribution in [2.45, 2.75) is 19.0 Å². The Balaban J connectivity index is 0.000000316. The van der Waals surface area contributed by atoms with Crippen LogP contribution < -0.4 is 0 Å². The molecule has 1 heterocycles. The van der Waals surface area contributed by atoms with Gasteiger partial charge >= 0.3 is 12.1 Å². The molecule has 3 nitrogen and oxygen atoms in total. The highest BCUT2D eigenvalue weighted by atomic mass is 19.4. The second kappa shape index (κ2) is 7.67. The van der Waals surface area contributed by atoms with Crippen molar-refractivity contribution >= 4 is 16.9 Å². The summed E-state index contributed by atoms with van der Waals surface area (Å²) >= 11 is 0. The van der Waals surface area contributed by atoms with Gasteiger partial charge in [-0.15, -0.1) is 6.42 Å². The minimum Gasteiger partial charge on any atom is -0.478 e. The Morgan fingerprint density at radius 2 is 1.76 bits per heavy atom. The Bertz CT molecular complexity index is 878. The highest BCUT2D eigenvalue weighted by Gasteiger charge is 2.39. The first-order chi connectivity index (χ1) is 11.9. The first-order valence-electron chi connectivity index (χ1n) is 7.37. The van der Waals surface area contributed by atoms with E-state index in [9.17, 15) is 18.0 Å². The van der Waals surface area contributed by atoms with Crippen molar-refractivity contribution in [3.8, 4) is 12.3 Å². The zero-order valence-electron chi connectivity index (χ0n) is 13.0. The number of nitrogens with zero attached hydrogens (tertiary/aromatic N) is 1. The molecule has 0 unspecified atom stereocenters. The number of terminal acetylenes is 1. The lowest BCUT2D eigenvalue weighted by molar-refractivity contribution is -0.141. The number of halogens is 3. The Labute approximate surface area is 142 Å². The van der Waals surface area contributed by atoms with Gasteiger partial charge in [0.1, 0.15) is 5.56 Å². The number of hydrogen-bond acceptors (Lipinski definition) is 2. The summed E-state index contributed by atoms with van der Waals surface area (Å²) in [6.07, 6.45) is 11.3. The van der Waals surface area contributed by atoms with Crippen LogP contribution in [0.15, 0.2) is 48.6 Å². The van der Waals surface area contributed by atoms with Crippen LogP contribution in [-0.2, 0) is 6.18 Å². The summed E-state index contributed by atoms with van der Waals surface area (Å²) in [5.41, 5.74) is -2.78. The maximum Gasteiger partial charge on any atom is 0.434 e. The number of carbonyl (C=O) groups is 1. The largest absolute Gasteiger partial charge is 0.478 e. The van der Waals surface area contributed by atoms with Crippen molar-refractivity contribution in [3.63, 3.8) is 0 Å². The van der Waals surface area contributed by atoms with Gasteiger partial charge in [-0.1, -0.05) is 48.4 Å². The van der Waals surface area contributed by atoms with Crippen LogP contribution in [0, 0.1) is 12.3 Å². The van der Waals surface area contributed by atoms with E-state index in [1.165, 1.54) is 31.0 Å². The van der Waals surface area contributed by atoms with Gasteiger partial charge in [0.05, 0.1) is 11.1 Å². The summed E-state index contributed by atoms with van der Waals surface area (Å²) in [5, 5.41) is 9.17. The lowest BCUT2D eigenvalue weighted by Gasteiger charge is -2.13. The molecule has 0 saturated carbocycles. The summed E-state index contributed by atoms with van der Waals surface area (Å²) in [4.78, 5) is 14.4. The Morgan fingerprint density at radius 3 is 2.20 bits per heavy atom. The number of fused-ring (bicyclic) bond motifs is 1. The van der Waals surface area contributed by atoms with Crippen LogP contribution in [0.3, 0.4) is 0 Å². The minimum atomic E-state index is -4.89. The van der Waals surface area contributed by atoms with Crippen LogP contribution >= 0.6 is 0 Å². The van der Waals surface area contributed by atoms with E-state index < -0.39 is 23.4 Å². The highest BCUT2D eigenvalue weighted by Crippen LogP contribution is 2.34. The molecule has 0 atom stereocenters. The predicted octanol–water partition coefficient (Wildman–Crippen LogP) is 4.83. The molecule has 0 bridgehead atoms. The number of aromatic nitrogens is 1. The Hall–Kier alpha value is -3.07. The lowest BCUT2D eigenvalue weighted by atomic mass is 10.0. The molecule has 2 aromatic rings. The van der Waals surface area contributed by atoms with Crippen molar-refractivity contribution < 1.29 is 23.1 Å². The Kier molecular flexibility index (Phi) is 5.60. The number of carboxylic acid groups (broad SMARTS) is 1. The molecule has 1 aromatic carbocycles. The van der Waals surface area contributed by atoms with Gasteiger partial charge in [0.25, 0.3) is 0 Å². The lowest BCUT2D eigenvalue weighted by Crippen LogP contribution is -2.17. The number of carboxylic acids is 1. The van der Waals surface area contributed by atoms with Crippen molar-refractivity contribution in [1.29, 1.82) is 0 Å². The average Bonchev–Trinajstić information content (AvgIpc) is 2.61. The minimum absolute atomic E-state index is 0.00720. The second-order valence-corrected chi connectivity index (χ2v) is 5.11. The van der Waals surface area contributed by atoms with Crippen LogP contribution in [0.4, 0.5) is 13.2 Å². The third kappa shape index (κ3) is 4.27. The van der Waals surface area contributed by atoms with Crippen molar-refractivity contribution in [2.75, 3.05) is 0 Å². The van der Waals surface area contributed by atoms with Gasteiger partial charge in [-0.05, 0) is 18.9 Å². The van der Waals surface area contributed by atoms with Gasteiger partial charge in [0, 0.05) is 5.39 Å². The smallest absolute Gasteiger partial charge is 0.434 e. The third-order valence-corrected chi connectivity index (χ3v) is 3.40. The number of aromatic carboxylic acids is 1. The van der Waals surface area contributed by atoms with Crippen LogP contribution in [0.5, 0.6) is 0 Å². The molecule has 6 heteroatoms. The molecule has 0 amide bonds. The first kappa shape index (κ1) is 18.3. The normalized spacial score (nSPS) is 13.0. The fourth-order valence-corrected chi connectivity index (χ4v) is 2.32. The number of allylic oxidation sites excluding steroid dienone is 4.